The largest absolute Gasteiger partial charge is 0.304 e. The first-order valence-corrected chi connectivity index (χ1v) is 7.09. The number of amides is 1. The van der Waals surface area contributed by atoms with E-state index in [9.17, 15) is 4.79 Å². The molecule has 1 amide bonds. The predicted molar refractivity (Wildman–Crippen MR) is 75.4 cm³/mol. The van der Waals surface area contributed by atoms with Crippen LogP contribution in [0.1, 0.15) is 20.4 Å². The van der Waals surface area contributed by atoms with Gasteiger partial charge in [-0.2, -0.15) is 5.26 Å². The van der Waals surface area contributed by atoms with Gasteiger partial charge in [-0.25, -0.2) is 4.98 Å². The van der Waals surface area contributed by atoms with E-state index >= 15 is 0 Å². The molecule has 96 valence electrons. The van der Waals surface area contributed by atoms with E-state index in [1.165, 1.54) is 28.9 Å². The van der Waals surface area contributed by atoms with Gasteiger partial charge >= 0.3 is 0 Å². The maximum Gasteiger partial charge on any atom is 0.279 e. The molecule has 7 heteroatoms. The van der Waals surface area contributed by atoms with Gasteiger partial charge in [0.15, 0.2) is 0 Å². The van der Waals surface area contributed by atoms with Crippen molar-refractivity contribution in [3.63, 3.8) is 0 Å². The lowest BCUT2D eigenvalue weighted by atomic mass is 10.3. The average molecular weight is 290 g/mol. The second kappa shape index (κ2) is 6.13. The van der Waals surface area contributed by atoms with Gasteiger partial charge < -0.3 is 5.43 Å². The van der Waals surface area contributed by atoms with Crippen molar-refractivity contribution in [1.82, 2.24) is 15.8 Å². The van der Waals surface area contributed by atoms with Crippen LogP contribution >= 0.6 is 22.7 Å². The fourth-order valence-corrected chi connectivity index (χ4v) is 2.64. The molecule has 0 aliphatic heterocycles. The van der Waals surface area contributed by atoms with Gasteiger partial charge in [0, 0.05) is 17.3 Å². The summed E-state index contributed by atoms with van der Waals surface area (Å²) in [5.74, 6) is -0.237. The lowest BCUT2D eigenvalue weighted by Gasteiger charge is -2.02. The zero-order valence-electron chi connectivity index (χ0n) is 10.0. The molecule has 0 aliphatic rings. The van der Waals surface area contributed by atoms with Gasteiger partial charge in [-0.15, -0.1) is 22.7 Å². The van der Waals surface area contributed by atoms with Gasteiger partial charge in [0.2, 0.25) is 0 Å². The van der Waals surface area contributed by atoms with E-state index in [2.05, 4.69) is 15.8 Å². The Hall–Kier alpha value is -2.17. The van der Waals surface area contributed by atoms with Gasteiger partial charge in [0.25, 0.3) is 5.91 Å². The van der Waals surface area contributed by atoms with E-state index in [-0.39, 0.29) is 5.91 Å². The van der Waals surface area contributed by atoms with Crippen molar-refractivity contribution < 1.29 is 4.79 Å². The highest BCUT2D eigenvalue weighted by atomic mass is 32.1. The van der Waals surface area contributed by atoms with Gasteiger partial charge in [-0.1, -0.05) is 6.07 Å². The van der Waals surface area contributed by atoms with Crippen LogP contribution in [-0.2, 0) is 0 Å². The molecule has 2 aromatic heterocycles. The van der Waals surface area contributed by atoms with Crippen molar-refractivity contribution in [1.29, 1.82) is 5.26 Å². The molecule has 0 fully saturated rings. The van der Waals surface area contributed by atoms with Crippen molar-refractivity contribution in [2.24, 2.45) is 0 Å². The zero-order valence-corrected chi connectivity index (χ0v) is 11.6. The number of aryl methyl sites for hydroxylation is 1. The van der Waals surface area contributed by atoms with Crippen LogP contribution in [0.15, 0.2) is 29.1 Å². The number of thiazole rings is 1. The molecule has 0 aromatic carbocycles. The van der Waals surface area contributed by atoms with Gasteiger partial charge in [0.1, 0.15) is 16.6 Å². The first-order valence-electron chi connectivity index (χ1n) is 5.33. The van der Waals surface area contributed by atoms with Gasteiger partial charge in [-0.3, -0.25) is 10.2 Å². The molecular formula is C12H10N4OS2. The van der Waals surface area contributed by atoms with Crippen molar-refractivity contribution in [2.75, 3.05) is 0 Å². The number of hydrogen-bond donors (Lipinski definition) is 2. The molecular weight excluding hydrogens is 280 g/mol. The van der Waals surface area contributed by atoms with E-state index in [1.807, 2.05) is 23.8 Å². The first-order chi connectivity index (χ1) is 9.20. The summed E-state index contributed by atoms with van der Waals surface area (Å²) in [7, 11) is 0. The van der Waals surface area contributed by atoms with Crippen LogP contribution in [0.2, 0.25) is 0 Å². The summed E-state index contributed by atoms with van der Waals surface area (Å²) in [6.07, 6.45) is 1.43. The summed E-state index contributed by atoms with van der Waals surface area (Å²) in [4.78, 5) is 16.4. The highest BCUT2D eigenvalue weighted by Gasteiger charge is 2.07. The van der Waals surface area contributed by atoms with Crippen molar-refractivity contribution in [3.8, 4) is 6.07 Å². The maximum absolute atomic E-state index is 11.6. The standard InChI is InChI=1S/C12H10N4OS2/c1-8-7-19-12(15-8)9(5-13)6-14-16-11(17)10-3-2-4-18-10/h2-4,6-7,14H,1H3,(H,16,17)/b9-6+. The third-order valence-corrected chi connectivity index (χ3v) is 3.98. The molecule has 2 N–H and O–H groups in total. The van der Waals surface area contributed by atoms with Crippen LogP contribution in [0.3, 0.4) is 0 Å². The topological polar surface area (TPSA) is 77.8 Å². The van der Waals surface area contributed by atoms with E-state index in [1.54, 1.807) is 12.1 Å². The number of nitrogens with one attached hydrogen (secondary N) is 2. The molecule has 0 unspecified atom stereocenters. The molecule has 0 radical (unpaired) electrons. The Labute approximate surface area is 118 Å². The fraction of sp³-hybridized carbons (Fsp3) is 0.0833. The average Bonchev–Trinajstić information content (AvgIpc) is 3.05. The third kappa shape index (κ3) is 3.40. The van der Waals surface area contributed by atoms with Crippen LogP contribution in [0.25, 0.3) is 5.57 Å². The van der Waals surface area contributed by atoms with Crippen LogP contribution < -0.4 is 10.9 Å². The summed E-state index contributed by atoms with van der Waals surface area (Å²) in [5.41, 5.74) is 6.36. The SMILES string of the molecule is Cc1csc(/C(C#N)=C/NNC(=O)c2cccs2)n1. The fourth-order valence-electron chi connectivity index (χ4n) is 1.26. The number of hydrazine groups is 1. The van der Waals surface area contributed by atoms with E-state index in [0.29, 0.717) is 15.5 Å². The Morgan fingerprint density at radius 3 is 2.95 bits per heavy atom. The summed E-state index contributed by atoms with van der Waals surface area (Å²) in [6, 6.07) is 5.56. The Morgan fingerprint density at radius 1 is 1.53 bits per heavy atom. The molecule has 2 aromatic rings. The van der Waals surface area contributed by atoms with Crippen LogP contribution in [-0.4, -0.2) is 10.9 Å². The Balaban J connectivity index is 1.98. The maximum atomic E-state index is 11.6. The Morgan fingerprint density at radius 2 is 2.37 bits per heavy atom. The van der Waals surface area contributed by atoms with Gasteiger partial charge in [-0.05, 0) is 18.4 Å². The molecule has 0 saturated heterocycles. The number of allylic oxidation sites excluding steroid dienone is 1. The second-order valence-electron chi connectivity index (χ2n) is 3.54. The highest BCUT2D eigenvalue weighted by Crippen LogP contribution is 2.17. The summed E-state index contributed by atoms with van der Waals surface area (Å²) < 4.78 is 0. The van der Waals surface area contributed by atoms with Crippen molar-refractivity contribution in [2.45, 2.75) is 6.92 Å². The van der Waals surface area contributed by atoms with Crippen molar-refractivity contribution >= 4 is 34.2 Å². The minimum Gasteiger partial charge on any atom is -0.304 e. The lowest BCUT2D eigenvalue weighted by molar-refractivity contribution is 0.0945. The number of nitrogens with zero attached hydrogens (tertiary/aromatic N) is 2. The van der Waals surface area contributed by atoms with Crippen molar-refractivity contribution in [3.05, 3.63) is 44.7 Å². The monoisotopic (exact) mass is 290 g/mol. The second-order valence-corrected chi connectivity index (χ2v) is 5.35. The predicted octanol–water partition coefficient (Wildman–Crippen LogP) is 2.31. The molecule has 2 heterocycles. The number of carbonyl (C=O) groups is 1. The van der Waals surface area contributed by atoms with Crippen LogP contribution in [0, 0.1) is 18.3 Å². The number of rotatable bonds is 4. The quantitative estimate of drug-likeness (QED) is 0.669. The number of thiophene rings is 1. The molecule has 0 saturated carbocycles. The highest BCUT2D eigenvalue weighted by molar-refractivity contribution is 7.12. The van der Waals surface area contributed by atoms with E-state index in [4.69, 9.17) is 5.26 Å². The van der Waals surface area contributed by atoms with Crippen LogP contribution in [0.4, 0.5) is 0 Å². The van der Waals surface area contributed by atoms with E-state index < -0.39 is 0 Å². The summed E-state index contributed by atoms with van der Waals surface area (Å²) >= 11 is 2.73. The Kier molecular flexibility index (Phi) is 4.28. The molecule has 19 heavy (non-hydrogen) atoms. The molecule has 0 aliphatic carbocycles. The normalized spacial score (nSPS) is 10.8. The molecule has 0 bridgehead atoms. The molecule has 0 spiro atoms. The minimum absolute atomic E-state index is 0.237. The smallest absolute Gasteiger partial charge is 0.279 e. The molecule has 2 rings (SSSR count). The molecule has 0 atom stereocenters. The van der Waals surface area contributed by atoms with Crippen LogP contribution in [0.5, 0.6) is 0 Å². The van der Waals surface area contributed by atoms with E-state index in [0.717, 1.165) is 5.69 Å². The van der Waals surface area contributed by atoms with Gasteiger partial charge in [0.05, 0.1) is 4.88 Å². The Bertz CT molecular complexity index is 637. The minimum atomic E-state index is -0.237. The number of aromatic nitrogens is 1. The lowest BCUT2D eigenvalue weighted by Crippen LogP contribution is -2.33. The summed E-state index contributed by atoms with van der Waals surface area (Å²) in [5, 5.41) is 13.3. The third-order valence-electron chi connectivity index (χ3n) is 2.12. The first kappa shape index (κ1) is 13.3. The summed E-state index contributed by atoms with van der Waals surface area (Å²) in [6.45, 7) is 1.86. The number of carbonyl (C=O) groups excluding carboxylic acids is 1. The molecule has 5 nitrogen and oxygen atoms in total. The zero-order chi connectivity index (χ0) is 13.7. The number of nitriles is 1. The number of hydrogen-bond acceptors (Lipinski definition) is 6.